The van der Waals surface area contributed by atoms with Crippen LogP contribution in [0.4, 0.5) is 0 Å². The average Bonchev–Trinajstić information content (AvgIpc) is 2.13. The molecule has 0 aromatic carbocycles. The number of aliphatic hydroxyl groups excluding tert-OH is 1. The summed E-state index contributed by atoms with van der Waals surface area (Å²) in [7, 11) is 0. The normalized spacial score (nSPS) is 34.7. The van der Waals surface area contributed by atoms with Crippen LogP contribution in [0.1, 0.15) is 6.42 Å². The number of nitrogens with two attached hydrogens (primary N) is 1. The van der Waals surface area contributed by atoms with Crippen LogP contribution in [0.5, 0.6) is 0 Å². The molecule has 4 nitrogen and oxygen atoms in total. The number of hydrogen-bond acceptors (Lipinski definition) is 4. The van der Waals surface area contributed by atoms with E-state index in [0.29, 0.717) is 6.42 Å². The summed E-state index contributed by atoms with van der Waals surface area (Å²) in [5, 5.41) is 8.47. The molecule has 1 fully saturated rings. The van der Waals surface area contributed by atoms with Crippen molar-refractivity contribution in [2.75, 3.05) is 6.61 Å². The minimum Gasteiger partial charge on any atom is -0.459 e. The van der Waals surface area contributed by atoms with Crippen molar-refractivity contribution in [2.24, 2.45) is 5.73 Å². The molecule has 0 radical (unpaired) electrons. The van der Waals surface area contributed by atoms with Crippen LogP contribution in [0.15, 0.2) is 0 Å². The Bertz CT molecular complexity index is 125. The van der Waals surface area contributed by atoms with Crippen LogP contribution in [-0.4, -0.2) is 29.8 Å². The summed E-state index contributed by atoms with van der Waals surface area (Å²) >= 11 is 0. The van der Waals surface area contributed by atoms with E-state index in [1.165, 1.54) is 0 Å². The summed E-state index contributed by atoms with van der Waals surface area (Å²) in [6.07, 6.45) is 0.0718. The highest BCUT2D eigenvalue weighted by Crippen LogP contribution is 2.11. The maximum atomic E-state index is 10.5. The SMILES string of the molecule is N[C@@H]1C[C@@H](CO)OC1=O. The molecule has 0 spiro atoms. The van der Waals surface area contributed by atoms with E-state index in [4.69, 9.17) is 10.8 Å². The van der Waals surface area contributed by atoms with Gasteiger partial charge < -0.3 is 15.6 Å². The van der Waals surface area contributed by atoms with E-state index in [2.05, 4.69) is 4.74 Å². The smallest absolute Gasteiger partial charge is 0.323 e. The van der Waals surface area contributed by atoms with Crippen LogP contribution in [0.3, 0.4) is 0 Å². The minimum atomic E-state index is -0.526. The summed E-state index contributed by atoms with van der Waals surface area (Å²) in [6.45, 7) is -0.126. The van der Waals surface area contributed by atoms with E-state index < -0.39 is 12.0 Å². The van der Waals surface area contributed by atoms with Gasteiger partial charge in [-0.1, -0.05) is 0 Å². The molecule has 0 saturated carbocycles. The number of carbonyl (C=O) groups is 1. The molecule has 3 N–H and O–H groups in total. The predicted octanol–water partition coefficient (Wildman–Crippen LogP) is -1.38. The van der Waals surface area contributed by atoms with Gasteiger partial charge in [0.15, 0.2) is 0 Å². The lowest BCUT2D eigenvalue weighted by molar-refractivity contribution is -0.143. The molecule has 0 unspecified atom stereocenters. The Morgan fingerprint density at radius 1 is 1.89 bits per heavy atom. The fourth-order valence-corrected chi connectivity index (χ4v) is 0.791. The molecule has 1 saturated heterocycles. The molecule has 1 aliphatic rings. The van der Waals surface area contributed by atoms with Gasteiger partial charge in [0.2, 0.25) is 0 Å². The minimum absolute atomic E-state index is 0.126. The number of rotatable bonds is 1. The van der Waals surface area contributed by atoms with E-state index in [-0.39, 0.29) is 12.7 Å². The van der Waals surface area contributed by atoms with Gasteiger partial charge in [-0.05, 0) is 0 Å². The third kappa shape index (κ3) is 1.20. The Kier molecular flexibility index (Phi) is 1.68. The van der Waals surface area contributed by atoms with Gasteiger partial charge >= 0.3 is 5.97 Å². The van der Waals surface area contributed by atoms with E-state index in [9.17, 15) is 4.79 Å². The summed E-state index contributed by atoms with van der Waals surface area (Å²) in [6, 6.07) is -0.526. The Hall–Kier alpha value is -0.610. The van der Waals surface area contributed by atoms with Gasteiger partial charge in [-0.3, -0.25) is 4.79 Å². The number of ether oxygens (including phenoxy) is 1. The van der Waals surface area contributed by atoms with Crippen molar-refractivity contribution >= 4 is 5.97 Å². The van der Waals surface area contributed by atoms with E-state index in [1.807, 2.05) is 0 Å². The van der Waals surface area contributed by atoms with Crippen LogP contribution < -0.4 is 5.73 Å². The Labute approximate surface area is 52.6 Å². The first kappa shape index (κ1) is 6.51. The maximum absolute atomic E-state index is 10.5. The van der Waals surface area contributed by atoms with Crippen LogP contribution in [0, 0.1) is 0 Å². The lowest BCUT2D eigenvalue weighted by Gasteiger charge is -2.00. The van der Waals surface area contributed by atoms with Gasteiger partial charge in [0.1, 0.15) is 12.1 Å². The largest absolute Gasteiger partial charge is 0.459 e. The zero-order valence-corrected chi connectivity index (χ0v) is 4.91. The van der Waals surface area contributed by atoms with Crippen LogP contribution in [0.25, 0.3) is 0 Å². The van der Waals surface area contributed by atoms with Crippen LogP contribution in [0.2, 0.25) is 0 Å². The monoisotopic (exact) mass is 131 g/mol. The molecule has 4 heteroatoms. The highest BCUT2D eigenvalue weighted by molar-refractivity contribution is 5.77. The lowest BCUT2D eigenvalue weighted by atomic mass is 10.2. The Morgan fingerprint density at radius 2 is 2.56 bits per heavy atom. The first-order chi connectivity index (χ1) is 4.24. The molecular formula is C5H9NO3. The molecule has 0 aromatic rings. The second kappa shape index (κ2) is 2.33. The molecule has 0 bridgehead atoms. The molecule has 52 valence electrons. The highest BCUT2D eigenvalue weighted by Gasteiger charge is 2.30. The van der Waals surface area contributed by atoms with Crippen molar-refractivity contribution in [3.63, 3.8) is 0 Å². The van der Waals surface area contributed by atoms with Gasteiger partial charge in [-0.25, -0.2) is 0 Å². The number of aliphatic hydroxyl groups is 1. The molecule has 1 aliphatic heterocycles. The summed E-state index contributed by atoms with van der Waals surface area (Å²) in [5.74, 6) is -0.408. The zero-order valence-electron chi connectivity index (χ0n) is 4.91. The Balaban J connectivity index is 2.44. The van der Waals surface area contributed by atoms with Crippen LogP contribution >= 0.6 is 0 Å². The first-order valence-corrected chi connectivity index (χ1v) is 2.81. The molecule has 2 atom stereocenters. The van der Waals surface area contributed by atoms with Crippen molar-refractivity contribution in [3.8, 4) is 0 Å². The number of cyclic esters (lactones) is 1. The van der Waals surface area contributed by atoms with Gasteiger partial charge in [0.05, 0.1) is 6.61 Å². The zero-order chi connectivity index (χ0) is 6.85. The summed E-state index contributed by atoms with van der Waals surface area (Å²) in [4.78, 5) is 10.5. The molecule has 0 aromatic heterocycles. The lowest BCUT2D eigenvalue weighted by Crippen LogP contribution is -2.24. The van der Waals surface area contributed by atoms with Crippen molar-refractivity contribution in [3.05, 3.63) is 0 Å². The van der Waals surface area contributed by atoms with Crippen LogP contribution in [-0.2, 0) is 9.53 Å². The van der Waals surface area contributed by atoms with Gasteiger partial charge in [0.25, 0.3) is 0 Å². The molecule has 1 rings (SSSR count). The van der Waals surface area contributed by atoms with E-state index in [0.717, 1.165) is 0 Å². The van der Waals surface area contributed by atoms with Gasteiger partial charge in [0, 0.05) is 6.42 Å². The topological polar surface area (TPSA) is 72.6 Å². The van der Waals surface area contributed by atoms with Gasteiger partial charge in [-0.2, -0.15) is 0 Å². The number of carbonyl (C=O) groups excluding carboxylic acids is 1. The first-order valence-electron chi connectivity index (χ1n) is 2.81. The quantitative estimate of drug-likeness (QED) is 0.430. The predicted molar refractivity (Wildman–Crippen MR) is 29.6 cm³/mol. The Morgan fingerprint density at radius 3 is 2.78 bits per heavy atom. The molecular weight excluding hydrogens is 122 g/mol. The number of esters is 1. The van der Waals surface area contributed by atoms with E-state index in [1.54, 1.807) is 0 Å². The maximum Gasteiger partial charge on any atom is 0.323 e. The highest BCUT2D eigenvalue weighted by atomic mass is 16.6. The fourth-order valence-electron chi connectivity index (χ4n) is 0.791. The summed E-state index contributed by atoms with van der Waals surface area (Å²) in [5.41, 5.74) is 5.26. The van der Waals surface area contributed by atoms with Gasteiger partial charge in [-0.15, -0.1) is 0 Å². The average molecular weight is 131 g/mol. The second-order valence-electron chi connectivity index (χ2n) is 2.08. The third-order valence-corrected chi connectivity index (χ3v) is 1.31. The number of hydrogen-bond donors (Lipinski definition) is 2. The third-order valence-electron chi connectivity index (χ3n) is 1.31. The van der Waals surface area contributed by atoms with E-state index >= 15 is 0 Å². The molecule has 1 heterocycles. The van der Waals surface area contributed by atoms with Crippen molar-refractivity contribution in [2.45, 2.75) is 18.6 Å². The molecule has 9 heavy (non-hydrogen) atoms. The summed E-state index contributed by atoms with van der Waals surface area (Å²) < 4.78 is 4.61. The fraction of sp³-hybridized carbons (Fsp3) is 0.800. The van der Waals surface area contributed by atoms with Crippen molar-refractivity contribution in [1.29, 1.82) is 0 Å². The molecule has 0 aliphatic carbocycles. The standard InChI is InChI=1S/C5H9NO3/c6-4-1-3(2-7)9-5(4)8/h3-4,7H,1-2,6H2/t3-,4+/m0/s1. The van der Waals surface area contributed by atoms with Crippen molar-refractivity contribution < 1.29 is 14.6 Å². The second-order valence-corrected chi connectivity index (χ2v) is 2.08. The molecule has 0 amide bonds. The van der Waals surface area contributed by atoms with Crippen molar-refractivity contribution in [1.82, 2.24) is 0 Å².